The van der Waals surface area contributed by atoms with Gasteiger partial charge in [-0.15, -0.1) is 0 Å². The number of nitriles is 1. The van der Waals surface area contributed by atoms with Gasteiger partial charge in [-0.1, -0.05) is 36.7 Å². The lowest BCUT2D eigenvalue weighted by atomic mass is 10.1. The molecule has 0 unspecified atom stereocenters. The number of aliphatic hydroxyl groups excluding tert-OH is 1. The second-order valence-electron chi connectivity index (χ2n) is 5.15. The molecule has 0 fully saturated rings. The van der Waals surface area contributed by atoms with Gasteiger partial charge in [-0.3, -0.25) is 20.4 Å². The Bertz CT molecular complexity index is 792. The number of amides is 2. The molecule has 142 valence electrons. The quantitative estimate of drug-likeness (QED) is 0.429. The van der Waals surface area contributed by atoms with Crippen LogP contribution >= 0.6 is 11.6 Å². The van der Waals surface area contributed by atoms with Crippen molar-refractivity contribution in [3.05, 3.63) is 64.2 Å². The first-order chi connectivity index (χ1) is 13.1. The predicted molar refractivity (Wildman–Crippen MR) is 104 cm³/mol. The maximum atomic E-state index is 11.1. The smallest absolute Gasteiger partial charge is 0.269 e. The number of aliphatic hydroxyl groups is 1. The lowest BCUT2D eigenvalue weighted by Gasteiger charge is -2.12. The van der Waals surface area contributed by atoms with Crippen LogP contribution in [0.3, 0.4) is 0 Å². The van der Waals surface area contributed by atoms with Crippen molar-refractivity contribution in [3.63, 3.8) is 0 Å². The molecule has 2 rings (SSSR count). The zero-order valence-electron chi connectivity index (χ0n) is 14.8. The number of hydrazine groups is 1. The van der Waals surface area contributed by atoms with Crippen molar-refractivity contribution in [1.29, 1.82) is 5.26 Å². The summed E-state index contributed by atoms with van der Waals surface area (Å²) in [5.74, 6) is -0.331. The van der Waals surface area contributed by atoms with Crippen LogP contribution < -0.4 is 16.2 Å². The molecule has 0 heterocycles. The summed E-state index contributed by atoms with van der Waals surface area (Å²) in [7, 11) is 0. The van der Waals surface area contributed by atoms with Gasteiger partial charge in [0.05, 0.1) is 17.2 Å². The van der Waals surface area contributed by atoms with E-state index in [0.29, 0.717) is 29.1 Å². The highest BCUT2D eigenvalue weighted by Gasteiger charge is 2.09. The minimum atomic E-state index is -0.331. The van der Waals surface area contributed by atoms with Crippen LogP contribution in [-0.4, -0.2) is 30.6 Å². The summed E-state index contributed by atoms with van der Waals surface area (Å²) in [6.07, 6.45) is 1.16. The summed E-state index contributed by atoms with van der Waals surface area (Å²) < 4.78 is 0. The highest BCUT2D eigenvalue weighted by Crippen LogP contribution is 2.28. The molecule has 0 bridgehead atoms. The molecule has 8 heteroatoms. The number of rotatable bonds is 7. The molecule has 2 aromatic carbocycles. The summed E-state index contributed by atoms with van der Waals surface area (Å²) in [5.41, 5.74) is 7.06. The number of hydrogen-bond donors (Lipinski definition) is 4. The maximum absolute atomic E-state index is 11.1. The van der Waals surface area contributed by atoms with Gasteiger partial charge in [0.1, 0.15) is 6.07 Å². The molecule has 4 N–H and O–H groups in total. The first-order valence-electron chi connectivity index (χ1n) is 8.19. The van der Waals surface area contributed by atoms with Gasteiger partial charge in [0.25, 0.3) is 5.91 Å². The monoisotopic (exact) mass is 388 g/mol. The molecule has 0 saturated heterocycles. The number of nitrogens with one attached hydrogen (secondary N) is 3. The van der Waals surface area contributed by atoms with Crippen LogP contribution in [0.5, 0.6) is 0 Å². The van der Waals surface area contributed by atoms with Crippen LogP contribution in [0, 0.1) is 11.3 Å². The van der Waals surface area contributed by atoms with Crippen LogP contribution in [0.15, 0.2) is 42.5 Å². The Balaban J connectivity index is 0.000000277. The summed E-state index contributed by atoms with van der Waals surface area (Å²) in [4.78, 5) is 20.9. The Morgan fingerprint density at radius 1 is 1.26 bits per heavy atom. The van der Waals surface area contributed by atoms with Crippen molar-refractivity contribution in [3.8, 4) is 6.07 Å². The number of benzene rings is 2. The highest BCUT2D eigenvalue weighted by molar-refractivity contribution is 6.32. The predicted octanol–water partition coefficient (Wildman–Crippen LogP) is 2.26. The second kappa shape index (κ2) is 12.3. The minimum absolute atomic E-state index is 0.0702. The van der Waals surface area contributed by atoms with E-state index in [9.17, 15) is 9.59 Å². The molecule has 27 heavy (non-hydrogen) atoms. The van der Waals surface area contributed by atoms with Crippen molar-refractivity contribution < 1.29 is 14.7 Å². The highest BCUT2D eigenvalue weighted by atomic mass is 35.5. The Kier molecular flexibility index (Phi) is 10.0. The Morgan fingerprint density at radius 3 is 2.52 bits per heavy atom. The SMILES string of the molecule is CCc1c(NCCO)ccc(C#N)c1Cl.O=CNNC(=O)c1ccccc1. The molecular formula is C19H21ClN4O3. The molecule has 0 atom stereocenters. The molecule has 0 aliphatic carbocycles. The van der Waals surface area contributed by atoms with Crippen LogP contribution in [0.25, 0.3) is 0 Å². The number of hydrogen-bond acceptors (Lipinski definition) is 5. The van der Waals surface area contributed by atoms with Crippen molar-refractivity contribution in [2.75, 3.05) is 18.5 Å². The summed E-state index contributed by atoms with van der Waals surface area (Å²) in [5, 5.41) is 21.1. The van der Waals surface area contributed by atoms with E-state index < -0.39 is 0 Å². The molecule has 0 spiro atoms. The standard InChI is InChI=1S/C11H13ClN2O.C8H8N2O2/c1-2-9-10(14-5-6-15)4-3-8(7-13)11(9)12;11-6-9-10-8(12)7-4-2-1-3-5-7/h3-4,14-15H,2,5-6H2,1H3;1-6H,(H,9,11)(H,10,12). The molecule has 2 aromatic rings. The van der Waals surface area contributed by atoms with Crippen molar-refractivity contribution in [2.24, 2.45) is 0 Å². The Morgan fingerprint density at radius 2 is 1.96 bits per heavy atom. The van der Waals surface area contributed by atoms with Gasteiger partial charge >= 0.3 is 0 Å². The largest absolute Gasteiger partial charge is 0.395 e. The normalized spacial score (nSPS) is 9.26. The van der Waals surface area contributed by atoms with E-state index in [0.717, 1.165) is 17.7 Å². The van der Waals surface area contributed by atoms with Crippen LogP contribution in [0.1, 0.15) is 28.4 Å². The van der Waals surface area contributed by atoms with Crippen molar-refractivity contribution >= 4 is 29.6 Å². The zero-order chi connectivity index (χ0) is 20.1. The molecule has 0 aliphatic rings. The second-order valence-corrected chi connectivity index (χ2v) is 5.53. The van der Waals surface area contributed by atoms with Gasteiger partial charge in [-0.25, -0.2) is 0 Å². The molecule has 0 aromatic heterocycles. The topological polar surface area (TPSA) is 114 Å². The van der Waals surface area contributed by atoms with Gasteiger partial charge in [0.2, 0.25) is 6.41 Å². The summed E-state index contributed by atoms with van der Waals surface area (Å²) in [6, 6.07) is 14.2. The average molecular weight is 389 g/mol. The third kappa shape index (κ3) is 6.98. The molecule has 7 nitrogen and oxygen atoms in total. The molecule has 0 saturated carbocycles. The van der Waals surface area contributed by atoms with E-state index >= 15 is 0 Å². The first kappa shape index (κ1) is 22.0. The van der Waals surface area contributed by atoms with Crippen molar-refractivity contribution in [2.45, 2.75) is 13.3 Å². The first-order valence-corrected chi connectivity index (χ1v) is 8.57. The molecule has 0 radical (unpaired) electrons. The summed E-state index contributed by atoms with van der Waals surface area (Å²) in [6.45, 7) is 2.53. The minimum Gasteiger partial charge on any atom is -0.395 e. The van der Waals surface area contributed by atoms with Gasteiger partial charge in [0, 0.05) is 17.8 Å². The van der Waals surface area contributed by atoms with E-state index in [1.54, 1.807) is 30.3 Å². The fraction of sp³-hybridized carbons (Fsp3) is 0.211. The van der Waals surface area contributed by atoms with E-state index in [1.165, 1.54) is 0 Å². The molecule has 0 aliphatic heterocycles. The number of nitrogens with zero attached hydrogens (tertiary/aromatic N) is 1. The van der Waals surface area contributed by atoms with E-state index in [-0.39, 0.29) is 12.5 Å². The number of carbonyl (C=O) groups is 2. The van der Waals surface area contributed by atoms with E-state index in [4.69, 9.17) is 22.0 Å². The lowest BCUT2D eigenvalue weighted by molar-refractivity contribution is -0.110. The van der Waals surface area contributed by atoms with Gasteiger partial charge in [-0.2, -0.15) is 5.26 Å². The van der Waals surface area contributed by atoms with Gasteiger partial charge in [0.15, 0.2) is 0 Å². The number of anilines is 1. The number of carbonyl (C=O) groups excluding carboxylic acids is 2. The number of halogens is 1. The fourth-order valence-corrected chi connectivity index (χ4v) is 2.51. The van der Waals surface area contributed by atoms with Crippen LogP contribution in [-0.2, 0) is 11.2 Å². The lowest BCUT2D eigenvalue weighted by Crippen LogP contribution is -2.36. The van der Waals surface area contributed by atoms with Gasteiger partial charge in [-0.05, 0) is 36.2 Å². The van der Waals surface area contributed by atoms with Crippen LogP contribution in [0.2, 0.25) is 5.02 Å². The summed E-state index contributed by atoms with van der Waals surface area (Å²) >= 11 is 6.07. The van der Waals surface area contributed by atoms with Crippen LogP contribution in [0.4, 0.5) is 5.69 Å². The Hall–Kier alpha value is -3.08. The van der Waals surface area contributed by atoms with Gasteiger partial charge < -0.3 is 10.4 Å². The average Bonchev–Trinajstić information content (AvgIpc) is 2.71. The maximum Gasteiger partial charge on any atom is 0.269 e. The third-order valence-corrected chi connectivity index (χ3v) is 3.86. The van der Waals surface area contributed by atoms with Crippen molar-refractivity contribution in [1.82, 2.24) is 10.9 Å². The Labute approximate surface area is 162 Å². The molecule has 2 amide bonds. The zero-order valence-corrected chi connectivity index (χ0v) is 15.6. The fourth-order valence-electron chi connectivity index (χ4n) is 2.17. The van der Waals surface area contributed by atoms with E-state index in [1.807, 2.05) is 25.1 Å². The molecular weight excluding hydrogens is 368 g/mol. The van der Waals surface area contributed by atoms with E-state index in [2.05, 4.69) is 16.2 Å². The third-order valence-electron chi connectivity index (χ3n) is 3.43.